The van der Waals surface area contributed by atoms with Crippen molar-refractivity contribution in [1.82, 2.24) is 4.31 Å². The topological polar surface area (TPSA) is 50.5 Å². The highest BCUT2D eigenvalue weighted by atomic mass is 35.5. The maximum absolute atomic E-state index is 12.4. The van der Waals surface area contributed by atoms with Crippen molar-refractivity contribution in [3.63, 3.8) is 0 Å². The molecule has 2 rings (SSSR count). The van der Waals surface area contributed by atoms with E-state index in [0.717, 1.165) is 12.0 Å². The van der Waals surface area contributed by atoms with Gasteiger partial charge in [0.2, 0.25) is 10.0 Å². The fraction of sp³-hybridized carbons (Fsp3) is 0.286. The van der Waals surface area contributed by atoms with Gasteiger partial charge in [-0.3, -0.25) is 0 Å². The summed E-state index contributed by atoms with van der Waals surface area (Å²) in [5.74, 6) is 1.12. The monoisotopic (exact) mass is 313 g/mol. The Morgan fingerprint density at radius 3 is 2.45 bits per heavy atom. The van der Waals surface area contributed by atoms with Crippen LogP contribution < -0.4 is 0 Å². The Balaban J connectivity index is 2.16. The first kappa shape index (κ1) is 15.1. The lowest BCUT2D eigenvalue weighted by molar-refractivity contribution is 0.406. The molecule has 0 amide bonds. The highest BCUT2D eigenvalue weighted by molar-refractivity contribution is 7.89. The van der Waals surface area contributed by atoms with E-state index in [2.05, 4.69) is 0 Å². The quantitative estimate of drug-likeness (QED) is 0.771. The van der Waals surface area contributed by atoms with Gasteiger partial charge in [0.15, 0.2) is 0 Å². The molecule has 0 atom stereocenters. The lowest BCUT2D eigenvalue weighted by Crippen LogP contribution is -2.26. The van der Waals surface area contributed by atoms with E-state index in [1.807, 2.05) is 0 Å². The largest absolute Gasteiger partial charge is 0.468 e. The summed E-state index contributed by atoms with van der Waals surface area (Å²) < 4.78 is 31.2. The van der Waals surface area contributed by atoms with Crippen molar-refractivity contribution in [2.45, 2.75) is 17.9 Å². The second kappa shape index (κ2) is 6.43. The zero-order valence-corrected chi connectivity index (χ0v) is 12.7. The van der Waals surface area contributed by atoms with Crippen LogP contribution in [0.25, 0.3) is 0 Å². The van der Waals surface area contributed by atoms with Crippen molar-refractivity contribution in [1.29, 1.82) is 0 Å². The van der Waals surface area contributed by atoms with Gasteiger partial charge in [-0.2, -0.15) is 4.31 Å². The average molecular weight is 314 g/mol. The first-order chi connectivity index (χ1) is 9.54. The second-order valence-corrected chi connectivity index (χ2v) is 6.85. The molecule has 1 aromatic heterocycles. The number of hydrogen-bond donors (Lipinski definition) is 0. The van der Waals surface area contributed by atoms with Gasteiger partial charge < -0.3 is 4.42 Å². The fourth-order valence-corrected chi connectivity index (χ4v) is 3.18. The molecule has 0 fully saturated rings. The van der Waals surface area contributed by atoms with E-state index in [4.69, 9.17) is 16.0 Å². The van der Waals surface area contributed by atoms with Crippen molar-refractivity contribution < 1.29 is 12.8 Å². The molecule has 0 bridgehead atoms. The maximum atomic E-state index is 12.4. The predicted octanol–water partition coefficient (Wildman–Crippen LogP) is 2.88. The van der Waals surface area contributed by atoms with Crippen LogP contribution in [0.5, 0.6) is 0 Å². The van der Waals surface area contributed by atoms with E-state index in [9.17, 15) is 8.42 Å². The average Bonchev–Trinajstić information content (AvgIpc) is 2.92. The van der Waals surface area contributed by atoms with E-state index in [-0.39, 0.29) is 11.4 Å². The third-order valence-corrected chi connectivity index (χ3v) is 4.98. The molecule has 6 heteroatoms. The number of halogens is 1. The van der Waals surface area contributed by atoms with Gasteiger partial charge in [0.05, 0.1) is 17.7 Å². The third-order valence-electron chi connectivity index (χ3n) is 2.97. The smallest absolute Gasteiger partial charge is 0.243 e. The van der Waals surface area contributed by atoms with E-state index in [1.54, 1.807) is 36.4 Å². The zero-order chi connectivity index (χ0) is 14.6. The molecule has 4 nitrogen and oxygen atoms in total. The van der Waals surface area contributed by atoms with Gasteiger partial charge in [0.1, 0.15) is 5.76 Å². The first-order valence-electron chi connectivity index (χ1n) is 6.17. The normalized spacial score (nSPS) is 11.9. The number of nitrogens with zero attached hydrogens (tertiary/aromatic N) is 1. The Morgan fingerprint density at radius 1 is 1.20 bits per heavy atom. The summed E-state index contributed by atoms with van der Waals surface area (Å²) in [7, 11) is -1.97. The van der Waals surface area contributed by atoms with E-state index >= 15 is 0 Å². The predicted molar refractivity (Wildman–Crippen MR) is 78.2 cm³/mol. The summed E-state index contributed by atoms with van der Waals surface area (Å²) >= 11 is 5.66. The molecule has 0 spiro atoms. The molecule has 0 radical (unpaired) electrons. The molecule has 0 aliphatic carbocycles. The zero-order valence-electron chi connectivity index (χ0n) is 11.1. The summed E-state index contributed by atoms with van der Waals surface area (Å²) in [5.41, 5.74) is 1.02. The highest BCUT2D eigenvalue weighted by Gasteiger charge is 2.21. The van der Waals surface area contributed by atoms with Crippen LogP contribution >= 0.6 is 11.6 Å². The van der Waals surface area contributed by atoms with Crippen molar-refractivity contribution in [2.75, 3.05) is 12.9 Å². The van der Waals surface area contributed by atoms with Gasteiger partial charge in [0.25, 0.3) is 0 Å². The van der Waals surface area contributed by atoms with Crippen molar-refractivity contribution in [3.05, 3.63) is 54.0 Å². The van der Waals surface area contributed by atoms with Crippen LogP contribution in [-0.4, -0.2) is 25.7 Å². The number of benzene rings is 1. The van der Waals surface area contributed by atoms with Crippen molar-refractivity contribution in [3.8, 4) is 0 Å². The second-order valence-electron chi connectivity index (χ2n) is 4.42. The Kier molecular flexibility index (Phi) is 4.86. The first-order valence-corrected chi connectivity index (χ1v) is 8.15. The molecule has 20 heavy (non-hydrogen) atoms. The Labute approximate surface area is 124 Å². The van der Waals surface area contributed by atoms with E-state index in [0.29, 0.717) is 11.6 Å². The molecule has 1 heterocycles. The fourth-order valence-electron chi connectivity index (χ4n) is 1.82. The summed E-state index contributed by atoms with van der Waals surface area (Å²) in [6.45, 7) is 0.207. The molecule has 2 aromatic rings. The number of alkyl halides is 1. The molecular weight excluding hydrogens is 298 g/mol. The minimum Gasteiger partial charge on any atom is -0.468 e. The molecule has 1 aromatic carbocycles. The molecule has 0 saturated heterocycles. The van der Waals surface area contributed by atoms with Gasteiger partial charge in [-0.15, -0.1) is 11.6 Å². The summed E-state index contributed by atoms with van der Waals surface area (Å²) in [4.78, 5) is 0.268. The number of furan rings is 1. The lowest BCUT2D eigenvalue weighted by atomic mass is 10.2. The minimum absolute atomic E-state index is 0.207. The van der Waals surface area contributed by atoms with Crippen LogP contribution in [0.3, 0.4) is 0 Å². The standard InChI is InChI=1S/C14H16ClNO3S/c1-16(11-13-3-2-10-19-13)20(17,18)14-6-4-12(5-7-14)8-9-15/h2-7,10H,8-9,11H2,1H3. The van der Waals surface area contributed by atoms with E-state index < -0.39 is 10.0 Å². The highest BCUT2D eigenvalue weighted by Crippen LogP contribution is 2.18. The van der Waals surface area contributed by atoms with Crippen LogP contribution in [0.4, 0.5) is 0 Å². The Hall–Kier alpha value is -1.30. The Morgan fingerprint density at radius 2 is 1.90 bits per heavy atom. The maximum Gasteiger partial charge on any atom is 0.243 e. The van der Waals surface area contributed by atoms with Crippen molar-refractivity contribution >= 4 is 21.6 Å². The summed E-state index contributed by atoms with van der Waals surface area (Å²) in [6.07, 6.45) is 2.25. The summed E-state index contributed by atoms with van der Waals surface area (Å²) in [6, 6.07) is 10.3. The number of sulfonamides is 1. The molecule has 0 N–H and O–H groups in total. The molecule has 0 saturated carbocycles. The van der Waals surface area contributed by atoms with Crippen LogP contribution in [0.2, 0.25) is 0 Å². The van der Waals surface area contributed by atoms with Gasteiger partial charge in [0, 0.05) is 12.9 Å². The van der Waals surface area contributed by atoms with Crippen LogP contribution in [0.15, 0.2) is 52.0 Å². The molecule has 0 aliphatic heterocycles. The van der Waals surface area contributed by atoms with Crippen molar-refractivity contribution in [2.24, 2.45) is 0 Å². The van der Waals surface area contributed by atoms with Crippen LogP contribution in [0.1, 0.15) is 11.3 Å². The molecular formula is C14H16ClNO3S. The van der Waals surface area contributed by atoms with Gasteiger partial charge in [-0.05, 0) is 36.2 Å². The SMILES string of the molecule is CN(Cc1ccco1)S(=O)(=O)c1ccc(CCCl)cc1. The van der Waals surface area contributed by atoms with Crippen LogP contribution in [-0.2, 0) is 23.0 Å². The minimum atomic E-state index is -3.51. The molecule has 0 aliphatic rings. The van der Waals surface area contributed by atoms with Gasteiger partial charge in [-0.25, -0.2) is 8.42 Å². The Bertz CT molecular complexity index is 636. The van der Waals surface area contributed by atoms with E-state index in [1.165, 1.54) is 17.6 Å². The molecule has 0 unspecified atom stereocenters. The summed E-state index contributed by atoms with van der Waals surface area (Å²) in [5, 5.41) is 0. The van der Waals surface area contributed by atoms with Crippen LogP contribution in [0, 0.1) is 0 Å². The number of aryl methyl sites for hydroxylation is 1. The lowest BCUT2D eigenvalue weighted by Gasteiger charge is -2.16. The van der Waals surface area contributed by atoms with Gasteiger partial charge in [-0.1, -0.05) is 12.1 Å². The molecule has 108 valence electrons. The van der Waals surface area contributed by atoms with Gasteiger partial charge >= 0.3 is 0 Å². The number of rotatable bonds is 6. The third kappa shape index (κ3) is 3.42. The number of hydrogen-bond acceptors (Lipinski definition) is 3.